The highest BCUT2D eigenvalue weighted by Gasteiger charge is 2.31. The van der Waals surface area contributed by atoms with Crippen LogP contribution < -0.4 is 5.32 Å². The summed E-state index contributed by atoms with van der Waals surface area (Å²) >= 11 is 5.84. The van der Waals surface area contributed by atoms with E-state index in [1.165, 1.54) is 6.07 Å². The second kappa shape index (κ2) is 6.83. The van der Waals surface area contributed by atoms with Crippen LogP contribution in [0.15, 0.2) is 18.2 Å². The van der Waals surface area contributed by atoms with Gasteiger partial charge in [0, 0.05) is 6.04 Å². The number of hydrogen-bond donors (Lipinski definition) is 1. The Bertz CT molecular complexity index is 477. The smallest absolute Gasteiger partial charge is 0.416 e. The number of hydrogen-bond acceptors (Lipinski definition) is 3. The third kappa shape index (κ3) is 4.92. The van der Waals surface area contributed by atoms with Crippen LogP contribution in [0.1, 0.15) is 25.8 Å². The minimum atomic E-state index is -4.44. The van der Waals surface area contributed by atoms with Crippen LogP contribution in [0, 0.1) is 0 Å². The van der Waals surface area contributed by atoms with E-state index in [1.807, 2.05) is 0 Å². The number of halogens is 4. The fraction of sp³-hybridized carbons (Fsp3) is 0.462. The van der Waals surface area contributed by atoms with Gasteiger partial charge in [-0.05, 0) is 32.0 Å². The molecule has 0 radical (unpaired) electrons. The van der Waals surface area contributed by atoms with Gasteiger partial charge in [0.05, 0.1) is 29.3 Å². The molecule has 0 fully saturated rings. The van der Waals surface area contributed by atoms with Crippen LogP contribution in [0.4, 0.5) is 18.9 Å². The van der Waals surface area contributed by atoms with Crippen molar-refractivity contribution < 1.29 is 22.7 Å². The molecule has 0 spiro atoms. The van der Waals surface area contributed by atoms with Gasteiger partial charge in [0.1, 0.15) is 0 Å². The second-order valence-corrected chi connectivity index (χ2v) is 4.65. The predicted octanol–water partition coefficient (Wildman–Crippen LogP) is 4.11. The standard InChI is InChI=1S/C13H15ClF3NO2/c1-3-20-12(19)6-8(2)18-11-7-9(13(15,16)17)4-5-10(11)14/h4-5,7-8,18H,3,6H2,1-2H3. The summed E-state index contributed by atoms with van der Waals surface area (Å²) in [6, 6.07) is 2.60. The van der Waals surface area contributed by atoms with Gasteiger partial charge >= 0.3 is 12.1 Å². The Morgan fingerprint density at radius 1 is 1.45 bits per heavy atom. The average Bonchev–Trinajstić information content (AvgIpc) is 2.30. The topological polar surface area (TPSA) is 38.3 Å². The van der Waals surface area contributed by atoms with Gasteiger partial charge in [0.2, 0.25) is 0 Å². The Labute approximate surface area is 120 Å². The molecule has 0 aromatic heterocycles. The molecule has 1 unspecified atom stereocenters. The molecule has 0 saturated heterocycles. The molecule has 1 atom stereocenters. The molecular formula is C13H15ClF3NO2. The minimum Gasteiger partial charge on any atom is -0.466 e. The molecule has 1 aromatic rings. The quantitative estimate of drug-likeness (QED) is 0.832. The molecule has 1 rings (SSSR count). The summed E-state index contributed by atoms with van der Waals surface area (Å²) < 4.78 is 42.6. The summed E-state index contributed by atoms with van der Waals surface area (Å²) in [5.41, 5.74) is -0.661. The van der Waals surface area contributed by atoms with Crippen LogP contribution in [-0.4, -0.2) is 18.6 Å². The Hall–Kier alpha value is -1.43. The van der Waals surface area contributed by atoms with Gasteiger partial charge in [-0.3, -0.25) is 4.79 Å². The highest BCUT2D eigenvalue weighted by atomic mass is 35.5. The average molecular weight is 310 g/mol. The maximum atomic E-state index is 12.6. The summed E-state index contributed by atoms with van der Waals surface area (Å²) in [4.78, 5) is 11.3. The first-order valence-electron chi connectivity index (χ1n) is 6.03. The predicted molar refractivity (Wildman–Crippen MR) is 70.8 cm³/mol. The normalized spacial score (nSPS) is 12.9. The third-order valence-electron chi connectivity index (χ3n) is 2.47. The van der Waals surface area contributed by atoms with Crippen molar-refractivity contribution in [2.24, 2.45) is 0 Å². The van der Waals surface area contributed by atoms with Gasteiger partial charge in [-0.25, -0.2) is 0 Å². The zero-order valence-electron chi connectivity index (χ0n) is 11.1. The van der Waals surface area contributed by atoms with E-state index in [9.17, 15) is 18.0 Å². The molecule has 1 aromatic carbocycles. The Morgan fingerprint density at radius 2 is 2.10 bits per heavy atom. The third-order valence-corrected chi connectivity index (χ3v) is 2.80. The number of rotatable bonds is 5. The van der Waals surface area contributed by atoms with Crippen molar-refractivity contribution in [2.75, 3.05) is 11.9 Å². The van der Waals surface area contributed by atoms with Crippen LogP contribution in [-0.2, 0) is 15.7 Å². The molecule has 0 bridgehead atoms. The van der Waals surface area contributed by atoms with E-state index in [4.69, 9.17) is 16.3 Å². The van der Waals surface area contributed by atoms with Crippen molar-refractivity contribution >= 4 is 23.3 Å². The summed E-state index contributed by atoms with van der Waals surface area (Å²) in [5, 5.41) is 2.94. The van der Waals surface area contributed by atoms with Crippen molar-refractivity contribution in [3.63, 3.8) is 0 Å². The first-order chi connectivity index (χ1) is 9.24. The van der Waals surface area contributed by atoms with Crippen LogP contribution in [0.5, 0.6) is 0 Å². The second-order valence-electron chi connectivity index (χ2n) is 4.25. The van der Waals surface area contributed by atoms with E-state index in [2.05, 4.69) is 5.32 Å². The first kappa shape index (κ1) is 16.6. The monoisotopic (exact) mass is 309 g/mol. The maximum Gasteiger partial charge on any atom is 0.416 e. The molecule has 0 heterocycles. The molecule has 0 aliphatic rings. The Balaban J connectivity index is 2.79. The van der Waals surface area contributed by atoms with Crippen molar-refractivity contribution in [1.82, 2.24) is 0 Å². The van der Waals surface area contributed by atoms with Gasteiger partial charge in [-0.1, -0.05) is 11.6 Å². The van der Waals surface area contributed by atoms with Gasteiger partial charge in [0.15, 0.2) is 0 Å². The lowest BCUT2D eigenvalue weighted by Gasteiger charge is -2.17. The lowest BCUT2D eigenvalue weighted by atomic mass is 10.1. The van der Waals surface area contributed by atoms with E-state index in [0.29, 0.717) is 0 Å². The van der Waals surface area contributed by atoms with Gasteiger partial charge < -0.3 is 10.1 Å². The lowest BCUT2D eigenvalue weighted by molar-refractivity contribution is -0.143. The van der Waals surface area contributed by atoms with E-state index < -0.39 is 23.8 Å². The largest absolute Gasteiger partial charge is 0.466 e. The molecule has 0 saturated carbocycles. The molecule has 0 aliphatic heterocycles. The number of nitrogens with one attached hydrogen (secondary N) is 1. The van der Waals surface area contributed by atoms with Crippen molar-refractivity contribution in [3.05, 3.63) is 28.8 Å². The fourth-order valence-corrected chi connectivity index (χ4v) is 1.77. The van der Waals surface area contributed by atoms with Crippen molar-refractivity contribution in [3.8, 4) is 0 Å². The lowest BCUT2D eigenvalue weighted by Crippen LogP contribution is -2.21. The summed E-state index contributed by atoms with van der Waals surface area (Å²) in [5.74, 6) is -0.421. The molecule has 3 nitrogen and oxygen atoms in total. The zero-order chi connectivity index (χ0) is 15.3. The molecular weight excluding hydrogens is 295 g/mol. The molecule has 1 N–H and O–H groups in total. The number of ether oxygens (including phenoxy) is 1. The summed E-state index contributed by atoms with van der Waals surface area (Å²) in [6.07, 6.45) is -4.40. The molecule has 0 aliphatic carbocycles. The van der Waals surface area contributed by atoms with Gasteiger partial charge in [-0.2, -0.15) is 13.2 Å². The molecule has 7 heteroatoms. The van der Waals surface area contributed by atoms with Crippen LogP contribution in [0.2, 0.25) is 5.02 Å². The molecule has 0 amide bonds. The highest BCUT2D eigenvalue weighted by molar-refractivity contribution is 6.33. The zero-order valence-corrected chi connectivity index (χ0v) is 11.8. The summed E-state index contributed by atoms with van der Waals surface area (Å²) in [7, 11) is 0. The van der Waals surface area contributed by atoms with E-state index in [1.54, 1.807) is 13.8 Å². The van der Waals surface area contributed by atoms with E-state index >= 15 is 0 Å². The van der Waals surface area contributed by atoms with Crippen molar-refractivity contribution in [2.45, 2.75) is 32.5 Å². The van der Waals surface area contributed by atoms with Gasteiger partial charge in [-0.15, -0.1) is 0 Å². The number of carbonyl (C=O) groups excluding carboxylic acids is 1. The van der Waals surface area contributed by atoms with Crippen LogP contribution >= 0.6 is 11.6 Å². The number of benzene rings is 1. The number of alkyl halides is 3. The maximum absolute atomic E-state index is 12.6. The van der Waals surface area contributed by atoms with Gasteiger partial charge in [0.25, 0.3) is 0 Å². The van der Waals surface area contributed by atoms with E-state index in [0.717, 1.165) is 12.1 Å². The van der Waals surface area contributed by atoms with Crippen molar-refractivity contribution in [1.29, 1.82) is 0 Å². The first-order valence-corrected chi connectivity index (χ1v) is 6.40. The number of anilines is 1. The minimum absolute atomic E-state index is 0.0421. The molecule has 112 valence electrons. The highest BCUT2D eigenvalue weighted by Crippen LogP contribution is 2.34. The number of esters is 1. The SMILES string of the molecule is CCOC(=O)CC(C)Nc1cc(C(F)(F)F)ccc1Cl. The Morgan fingerprint density at radius 3 is 2.65 bits per heavy atom. The molecule has 20 heavy (non-hydrogen) atoms. The number of carbonyl (C=O) groups is 1. The van der Waals surface area contributed by atoms with Crippen LogP contribution in [0.25, 0.3) is 0 Å². The van der Waals surface area contributed by atoms with E-state index in [-0.39, 0.29) is 23.7 Å². The fourth-order valence-electron chi connectivity index (χ4n) is 1.60. The summed E-state index contributed by atoms with van der Waals surface area (Å²) in [6.45, 7) is 3.60. The Kier molecular flexibility index (Phi) is 5.68. The van der Waals surface area contributed by atoms with Crippen LogP contribution in [0.3, 0.4) is 0 Å².